The number of imidazole rings is 1. The molecule has 0 fully saturated rings. The number of halogens is 1. The summed E-state index contributed by atoms with van der Waals surface area (Å²) in [5.41, 5.74) is 4.90. The van der Waals surface area contributed by atoms with Crippen LogP contribution >= 0.6 is 15.9 Å². The van der Waals surface area contributed by atoms with Crippen molar-refractivity contribution < 1.29 is 4.74 Å². The lowest BCUT2D eigenvalue weighted by molar-refractivity contribution is 0.411. The van der Waals surface area contributed by atoms with Crippen molar-refractivity contribution in [3.63, 3.8) is 0 Å². The van der Waals surface area contributed by atoms with Crippen molar-refractivity contribution in [3.8, 4) is 17.1 Å². The maximum absolute atomic E-state index is 5.40. The molecule has 0 saturated heterocycles. The third-order valence-corrected chi connectivity index (χ3v) is 4.69. The number of benzene rings is 1. The zero-order valence-corrected chi connectivity index (χ0v) is 13.7. The van der Waals surface area contributed by atoms with Crippen LogP contribution in [0.15, 0.2) is 16.7 Å². The normalized spacial score (nSPS) is 14.2. The number of ether oxygens (including phenoxy) is 1. The second kappa shape index (κ2) is 5.24. The Morgan fingerprint density at radius 2 is 2.00 bits per heavy atom. The van der Waals surface area contributed by atoms with Crippen LogP contribution in [-0.2, 0) is 13.0 Å². The molecule has 0 unspecified atom stereocenters. The van der Waals surface area contributed by atoms with Crippen LogP contribution in [0, 0.1) is 13.8 Å². The van der Waals surface area contributed by atoms with E-state index in [0.29, 0.717) is 0 Å². The van der Waals surface area contributed by atoms with Crippen molar-refractivity contribution in [1.29, 1.82) is 0 Å². The average molecular weight is 335 g/mol. The van der Waals surface area contributed by atoms with Gasteiger partial charge in [0.05, 0.1) is 12.8 Å². The lowest BCUT2D eigenvalue weighted by atomic mass is 10.0. The standard InChI is InChI=1S/C16H19BrN2O/c1-10-9-14(20-3)11(2)8-12(10)16-18-15(17)13-6-4-5-7-19(13)16/h8-9H,4-7H2,1-3H3. The molecule has 1 aliphatic rings. The van der Waals surface area contributed by atoms with Crippen LogP contribution in [0.2, 0.25) is 0 Å². The van der Waals surface area contributed by atoms with E-state index in [2.05, 4.69) is 46.5 Å². The molecule has 0 saturated carbocycles. The fourth-order valence-electron chi connectivity index (χ4n) is 2.95. The fraction of sp³-hybridized carbons (Fsp3) is 0.438. The van der Waals surface area contributed by atoms with E-state index in [4.69, 9.17) is 9.72 Å². The number of methoxy groups -OCH3 is 1. The lowest BCUT2D eigenvalue weighted by Gasteiger charge is -2.18. The van der Waals surface area contributed by atoms with Gasteiger partial charge in [0.1, 0.15) is 16.2 Å². The van der Waals surface area contributed by atoms with E-state index in [0.717, 1.165) is 34.7 Å². The van der Waals surface area contributed by atoms with Gasteiger partial charge in [-0.3, -0.25) is 0 Å². The number of fused-ring (bicyclic) bond motifs is 1. The van der Waals surface area contributed by atoms with Gasteiger partial charge in [0.15, 0.2) is 0 Å². The SMILES string of the molecule is COc1cc(C)c(-c2nc(Br)c3n2CCCC3)cc1C. The highest BCUT2D eigenvalue weighted by Crippen LogP contribution is 2.34. The first kappa shape index (κ1) is 13.7. The second-order valence-corrected chi connectivity index (χ2v) is 6.17. The summed E-state index contributed by atoms with van der Waals surface area (Å²) in [7, 11) is 1.72. The van der Waals surface area contributed by atoms with Gasteiger partial charge in [-0.15, -0.1) is 0 Å². The number of rotatable bonds is 2. The predicted octanol–water partition coefficient (Wildman–Crippen LogP) is 4.27. The summed E-state index contributed by atoms with van der Waals surface area (Å²) >= 11 is 3.61. The van der Waals surface area contributed by atoms with E-state index in [1.807, 2.05) is 0 Å². The van der Waals surface area contributed by atoms with E-state index >= 15 is 0 Å². The van der Waals surface area contributed by atoms with E-state index in [-0.39, 0.29) is 0 Å². The Morgan fingerprint density at radius 1 is 1.20 bits per heavy atom. The molecule has 1 aliphatic heterocycles. The fourth-order valence-corrected chi connectivity index (χ4v) is 3.53. The quantitative estimate of drug-likeness (QED) is 0.819. The van der Waals surface area contributed by atoms with Gasteiger partial charge in [-0.1, -0.05) is 0 Å². The third-order valence-electron chi connectivity index (χ3n) is 4.05. The van der Waals surface area contributed by atoms with Crippen molar-refractivity contribution in [2.45, 2.75) is 39.7 Å². The van der Waals surface area contributed by atoms with Crippen LogP contribution in [0.4, 0.5) is 0 Å². The van der Waals surface area contributed by atoms with E-state index in [9.17, 15) is 0 Å². The van der Waals surface area contributed by atoms with Crippen LogP contribution in [0.25, 0.3) is 11.4 Å². The summed E-state index contributed by atoms with van der Waals surface area (Å²) in [6.07, 6.45) is 3.60. The Balaban J connectivity index is 2.16. The van der Waals surface area contributed by atoms with Crippen LogP contribution in [0.5, 0.6) is 5.75 Å². The van der Waals surface area contributed by atoms with Crippen molar-refractivity contribution in [1.82, 2.24) is 9.55 Å². The zero-order chi connectivity index (χ0) is 14.3. The Kier molecular flexibility index (Phi) is 3.59. The summed E-state index contributed by atoms with van der Waals surface area (Å²) in [6, 6.07) is 4.29. The highest BCUT2D eigenvalue weighted by atomic mass is 79.9. The summed E-state index contributed by atoms with van der Waals surface area (Å²) in [5, 5.41) is 0. The molecule has 3 rings (SSSR count). The summed E-state index contributed by atoms with van der Waals surface area (Å²) in [6.45, 7) is 5.26. The molecule has 3 nitrogen and oxygen atoms in total. The molecule has 0 spiro atoms. The van der Waals surface area contributed by atoms with Gasteiger partial charge in [-0.05, 0) is 72.3 Å². The molecule has 0 radical (unpaired) electrons. The third kappa shape index (κ3) is 2.16. The molecule has 0 aliphatic carbocycles. The van der Waals surface area contributed by atoms with E-state index in [1.54, 1.807) is 7.11 Å². The van der Waals surface area contributed by atoms with E-state index < -0.39 is 0 Å². The number of hydrogen-bond acceptors (Lipinski definition) is 2. The molecule has 1 aromatic carbocycles. The topological polar surface area (TPSA) is 27.1 Å². The highest BCUT2D eigenvalue weighted by Gasteiger charge is 2.21. The monoisotopic (exact) mass is 334 g/mol. The number of nitrogens with zero attached hydrogens (tertiary/aromatic N) is 2. The number of hydrogen-bond donors (Lipinski definition) is 0. The first-order valence-corrected chi connectivity index (χ1v) is 7.81. The molecule has 0 N–H and O–H groups in total. The number of aromatic nitrogens is 2. The minimum Gasteiger partial charge on any atom is -0.496 e. The van der Waals surface area contributed by atoms with E-state index in [1.165, 1.54) is 29.7 Å². The van der Waals surface area contributed by atoms with Crippen molar-refractivity contribution in [2.75, 3.05) is 7.11 Å². The molecule has 1 aromatic heterocycles. The summed E-state index contributed by atoms with van der Waals surface area (Å²) in [5.74, 6) is 2.02. The van der Waals surface area contributed by atoms with Gasteiger partial charge in [-0.2, -0.15) is 0 Å². The Hall–Kier alpha value is -1.29. The minimum absolute atomic E-state index is 0.940. The minimum atomic E-state index is 0.940. The van der Waals surface area contributed by atoms with Crippen molar-refractivity contribution in [2.24, 2.45) is 0 Å². The Labute approximate surface area is 128 Å². The highest BCUT2D eigenvalue weighted by molar-refractivity contribution is 9.10. The molecule has 106 valence electrons. The second-order valence-electron chi connectivity index (χ2n) is 5.42. The Bertz CT molecular complexity index is 661. The van der Waals surface area contributed by atoms with Gasteiger partial charge >= 0.3 is 0 Å². The first-order chi connectivity index (χ1) is 9.61. The first-order valence-electron chi connectivity index (χ1n) is 7.02. The lowest BCUT2D eigenvalue weighted by Crippen LogP contribution is -2.11. The van der Waals surface area contributed by atoms with Gasteiger partial charge < -0.3 is 9.30 Å². The molecule has 0 bridgehead atoms. The maximum Gasteiger partial charge on any atom is 0.141 e. The van der Waals surface area contributed by atoms with Gasteiger partial charge in [0.25, 0.3) is 0 Å². The molecular weight excluding hydrogens is 316 g/mol. The summed E-state index contributed by atoms with van der Waals surface area (Å²) in [4.78, 5) is 4.76. The maximum atomic E-state index is 5.40. The molecule has 0 atom stereocenters. The Morgan fingerprint density at radius 3 is 2.75 bits per heavy atom. The molecule has 4 heteroatoms. The molecule has 20 heavy (non-hydrogen) atoms. The van der Waals surface area contributed by atoms with Crippen LogP contribution in [0.1, 0.15) is 29.7 Å². The van der Waals surface area contributed by atoms with Crippen molar-refractivity contribution in [3.05, 3.63) is 33.6 Å². The number of aryl methyl sites for hydroxylation is 2. The zero-order valence-electron chi connectivity index (χ0n) is 12.2. The van der Waals surface area contributed by atoms with Crippen LogP contribution < -0.4 is 4.74 Å². The van der Waals surface area contributed by atoms with Crippen LogP contribution in [-0.4, -0.2) is 16.7 Å². The molecular formula is C16H19BrN2O. The molecule has 2 heterocycles. The largest absolute Gasteiger partial charge is 0.496 e. The smallest absolute Gasteiger partial charge is 0.141 e. The van der Waals surface area contributed by atoms with Gasteiger partial charge in [0.2, 0.25) is 0 Å². The predicted molar refractivity (Wildman–Crippen MR) is 84.3 cm³/mol. The summed E-state index contributed by atoms with van der Waals surface area (Å²) < 4.78 is 8.76. The van der Waals surface area contributed by atoms with Crippen LogP contribution in [0.3, 0.4) is 0 Å². The van der Waals surface area contributed by atoms with Crippen molar-refractivity contribution >= 4 is 15.9 Å². The average Bonchev–Trinajstić information content (AvgIpc) is 2.79. The van der Waals surface area contributed by atoms with Gasteiger partial charge in [-0.25, -0.2) is 4.98 Å². The molecule has 2 aromatic rings. The van der Waals surface area contributed by atoms with Gasteiger partial charge in [0, 0.05) is 12.1 Å². The molecule has 0 amide bonds.